The first-order valence-electron chi connectivity index (χ1n) is 7.68. The lowest BCUT2D eigenvalue weighted by Gasteiger charge is -2.40. The summed E-state index contributed by atoms with van der Waals surface area (Å²) in [7, 11) is 1.77. The van der Waals surface area contributed by atoms with E-state index in [1.165, 1.54) is 0 Å². The minimum atomic E-state index is 0.479. The van der Waals surface area contributed by atoms with Crippen molar-refractivity contribution in [3.8, 4) is 0 Å². The summed E-state index contributed by atoms with van der Waals surface area (Å²) in [5.41, 5.74) is 6.78. The molecule has 1 aliphatic rings. The average Bonchev–Trinajstić information content (AvgIpc) is 2.52. The maximum Gasteiger partial charge on any atom is 0.0639 e. The van der Waals surface area contributed by atoms with E-state index in [-0.39, 0.29) is 0 Å². The van der Waals surface area contributed by atoms with E-state index in [0.29, 0.717) is 6.04 Å². The van der Waals surface area contributed by atoms with Gasteiger partial charge in [0.25, 0.3) is 0 Å². The smallest absolute Gasteiger partial charge is 0.0639 e. The molecule has 1 heterocycles. The fraction of sp³-hybridized carbons (Fsp3) is 0.625. The first-order chi connectivity index (χ1) is 10.3. The Labute approximate surface area is 132 Å². The van der Waals surface area contributed by atoms with Crippen LogP contribution in [0.15, 0.2) is 24.3 Å². The molecule has 0 bridgehead atoms. The standard InChI is InChI=1S/C16H26ClN3O/c1-21-13-14(5-4-8-18)19-9-11-20(12-10-19)16-7-3-2-6-15(16)17/h2-3,6-7,14H,4-5,8-13,18H2,1H3. The van der Waals surface area contributed by atoms with Gasteiger partial charge in [-0.15, -0.1) is 0 Å². The molecule has 0 aliphatic carbocycles. The van der Waals surface area contributed by atoms with Gasteiger partial charge in [0.2, 0.25) is 0 Å². The molecule has 2 rings (SSSR count). The summed E-state index contributed by atoms with van der Waals surface area (Å²) in [5.74, 6) is 0. The number of ether oxygens (including phenoxy) is 1. The van der Waals surface area contributed by atoms with Crippen LogP contribution in [0.2, 0.25) is 5.02 Å². The van der Waals surface area contributed by atoms with Crippen LogP contribution in [0, 0.1) is 0 Å². The Hall–Kier alpha value is -0.810. The van der Waals surface area contributed by atoms with Crippen molar-refractivity contribution in [3.05, 3.63) is 29.3 Å². The van der Waals surface area contributed by atoms with E-state index in [2.05, 4.69) is 15.9 Å². The van der Waals surface area contributed by atoms with Gasteiger partial charge in [-0.1, -0.05) is 23.7 Å². The second-order valence-electron chi connectivity index (χ2n) is 5.51. The number of methoxy groups -OCH3 is 1. The zero-order valence-corrected chi connectivity index (χ0v) is 13.6. The van der Waals surface area contributed by atoms with Gasteiger partial charge in [0.05, 0.1) is 17.3 Å². The first kappa shape index (κ1) is 16.6. The molecule has 0 aromatic heterocycles. The fourth-order valence-electron chi connectivity index (χ4n) is 2.95. The molecule has 1 fully saturated rings. The van der Waals surface area contributed by atoms with E-state index in [0.717, 1.165) is 62.9 Å². The summed E-state index contributed by atoms with van der Waals surface area (Å²) in [4.78, 5) is 4.89. The zero-order chi connectivity index (χ0) is 15.1. The number of rotatable bonds is 7. The molecule has 4 nitrogen and oxygen atoms in total. The molecular weight excluding hydrogens is 286 g/mol. The van der Waals surface area contributed by atoms with E-state index < -0.39 is 0 Å². The van der Waals surface area contributed by atoms with Gasteiger partial charge in [0, 0.05) is 39.3 Å². The Kier molecular flexibility index (Phi) is 6.77. The minimum absolute atomic E-state index is 0.479. The molecule has 1 aromatic carbocycles. The number of anilines is 1. The third-order valence-corrected chi connectivity index (χ3v) is 4.44. The van der Waals surface area contributed by atoms with Crippen LogP contribution < -0.4 is 10.6 Å². The van der Waals surface area contributed by atoms with Gasteiger partial charge in [-0.2, -0.15) is 0 Å². The Bertz CT molecular complexity index is 422. The highest BCUT2D eigenvalue weighted by Crippen LogP contribution is 2.26. The topological polar surface area (TPSA) is 41.7 Å². The minimum Gasteiger partial charge on any atom is -0.383 e. The first-order valence-corrected chi connectivity index (χ1v) is 8.06. The van der Waals surface area contributed by atoms with Crippen molar-refractivity contribution in [1.82, 2.24) is 4.90 Å². The van der Waals surface area contributed by atoms with Crippen LogP contribution in [0.5, 0.6) is 0 Å². The number of para-hydroxylation sites is 1. The maximum absolute atomic E-state index is 6.29. The molecule has 1 aromatic rings. The fourth-order valence-corrected chi connectivity index (χ4v) is 3.21. The van der Waals surface area contributed by atoms with E-state index >= 15 is 0 Å². The van der Waals surface area contributed by atoms with Gasteiger partial charge in [-0.3, -0.25) is 4.90 Å². The Balaban J connectivity index is 1.91. The predicted molar refractivity (Wildman–Crippen MR) is 89.2 cm³/mol. The van der Waals surface area contributed by atoms with Crippen LogP contribution in [0.3, 0.4) is 0 Å². The van der Waals surface area contributed by atoms with Crippen molar-refractivity contribution in [3.63, 3.8) is 0 Å². The summed E-state index contributed by atoms with van der Waals surface area (Å²) >= 11 is 6.29. The molecule has 2 N–H and O–H groups in total. The van der Waals surface area contributed by atoms with E-state index in [1.807, 2.05) is 18.2 Å². The summed E-state index contributed by atoms with van der Waals surface area (Å²) < 4.78 is 5.37. The van der Waals surface area contributed by atoms with Gasteiger partial charge < -0.3 is 15.4 Å². The van der Waals surface area contributed by atoms with Gasteiger partial charge in [-0.05, 0) is 31.5 Å². The lowest BCUT2D eigenvalue weighted by molar-refractivity contribution is 0.0801. The molecule has 21 heavy (non-hydrogen) atoms. The van der Waals surface area contributed by atoms with Crippen LogP contribution in [-0.2, 0) is 4.74 Å². The lowest BCUT2D eigenvalue weighted by atomic mass is 10.1. The molecule has 0 spiro atoms. The van der Waals surface area contributed by atoms with Crippen molar-refractivity contribution < 1.29 is 4.74 Å². The third-order valence-electron chi connectivity index (χ3n) is 4.12. The lowest BCUT2D eigenvalue weighted by Crippen LogP contribution is -2.51. The Morgan fingerprint density at radius 1 is 1.24 bits per heavy atom. The van der Waals surface area contributed by atoms with E-state index in [1.54, 1.807) is 7.11 Å². The quantitative estimate of drug-likeness (QED) is 0.838. The van der Waals surface area contributed by atoms with Crippen molar-refractivity contribution in [1.29, 1.82) is 0 Å². The van der Waals surface area contributed by atoms with Crippen molar-refractivity contribution in [2.45, 2.75) is 18.9 Å². The molecular formula is C16H26ClN3O. The highest BCUT2D eigenvalue weighted by molar-refractivity contribution is 6.33. The Morgan fingerprint density at radius 2 is 1.95 bits per heavy atom. The number of nitrogens with two attached hydrogens (primary N) is 1. The van der Waals surface area contributed by atoms with E-state index in [9.17, 15) is 0 Å². The van der Waals surface area contributed by atoms with Crippen LogP contribution >= 0.6 is 11.6 Å². The van der Waals surface area contributed by atoms with Gasteiger partial charge >= 0.3 is 0 Å². The number of hydrogen-bond donors (Lipinski definition) is 1. The van der Waals surface area contributed by atoms with E-state index in [4.69, 9.17) is 22.1 Å². The largest absolute Gasteiger partial charge is 0.383 e. The third kappa shape index (κ3) is 4.58. The van der Waals surface area contributed by atoms with Crippen LogP contribution in [-0.4, -0.2) is 57.4 Å². The summed E-state index contributed by atoms with van der Waals surface area (Å²) in [6.45, 7) is 5.64. The van der Waals surface area contributed by atoms with Crippen molar-refractivity contribution >= 4 is 17.3 Å². The molecule has 0 saturated carbocycles. The highest BCUT2D eigenvalue weighted by atomic mass is 35.5. The molecule has 5 heteroatoms. The molecule has 1 aliphatic heterocycles. The van der Waals surface area contributed by atoms with Crippen molar-refractivity contribution in [2.24, 2.45) is 5.73 Å². The van der Waals surface area contributed by atoms with Crippen LogP contribution in [0.1, 0.15) is 12.8 Å². The zero-order valence-electron chi connectivity index (χ0n) is 12.8. The van der Waals surface area contributed by atoms with Gasteiger partial charge in [-0.25, -0.2) is 0 Å². The summed E-state index contributed by atoms with van der Waals surface area (Å²) in [6.07, 6.45) is 2.16. The highest BCUT2D eigenvalue weighted by Gasteiger charge is 2.24. The van der Waals surface area contributed by atoms with Crippen LogP contribution in [0.25, 0.3) is 0 Å². The molecule has 0 amide bonds. The number of piperazine rings is 1. The number of nitrogens with zero attached hydrogens (tertiary/aromatic N) is 2. The molecule has 118 valence electrons. The second-order valence-corrected chi connectivity index (χ2v) is 5.92. The molecule has 1 atom stereocenters. The molecule has 1 saturated heterocycles. The predicted octanol–water partition coefficient (Wildman–Crippen LogP) is 2.22. The normalized spacial score (nSPS) is 18.0. The molecule has 1 unspecified atom stereocenters. The summed E-state index contributed by atoms with van der Waals surface area (Å²) in [5, 5.41) is 0.836. The van der Waals surface area contributed by atoms with Gasteiger partial charge in [0.15, 0.2) is 0 Å². The number of halogens is 1. The second kappa shape index (κ2) is 8.59. The van der Waals surface area contributed by atoms with Crippen molar-refractivity contribution in [2.75, 3.05) is 51.3 Å². The molecule has 0 radical (unpaired) electrons. The SMILES string of the molecule is COCC(CCCN)N1CCN(c2ccccc2Cl)CC1. The Morgan fingerprint density at radius 3 is 2.57 bits per heavy atom. The monoisotopic (exact) mass is 311 g/mol. The number of hydrogen-bond acceptors (Lipinski definition) is 4. The average molecular weight is 312 g/mol. The summed E-state index contributed by atoms with van der Waals surface area (Å²) in [6, 6.07) is 8.55. The van der Waals surface area contributed by atoms with Gasteiger partial charge in [0.1, 0.15) is 0 Å². The maximum atomic E-state index is 6.29. The number of benzene rings is 1. The van der Waals surface area contributed by atoms with Crippen LogP contribution in [0.4, 0.5) is 5.69 Å².